The van der Waals surface area contributed by atoms with Crippen molar-refractivity contribution in [3.63, 3.8) is 0 Å². The molecule has 1 saturated heterocycles. The Morgan fingerprint density at radius 2 is 2.27 bits per heavy atom. The fourth-order valence-electron chi connectivity index (χ4n) is 2.83. The predicted molar refractivity (Wildman–Crippen MR) is 85.0 cm³/mol. The lowest BCUT2D eigenvalue weighted by atomic mass is 9.97. The van der Waals surface area contributed by atoms with Crippen molar-refractivity contribution >= 4 is 12.0 Å². The number of nitrogens with zero attached hydrogens (tertiary/aromatic N) is 1. The standard InChI is InChI=1S/C17H23FN2O2/c1-12(19)15-5-3-4-10-20(15)17(21)9-7-13-6-8-16(22-2)14(18)11-13/h6-9,11-12,15H,3-5,10,19H2,1-2H3/b9-7+. The van der Waals surface area contributed by atoms with Crippen molar-refractivity contribution < 1.29 is 13.9 Å². The van der Waals surface area contributed by atoms with E-state index in [-0.39, 0.29) is 23.7 Å². The van der Waals surface area contributed by atoms with Gasteiger partial charge in [-0.3, -0.25) is 4.79 Å². The molecule has 1 aliphatic rings. The molecule has 5 heteroatoms. The van der Waals surface area contributed by atoms with Gasteiger partial charge in [0, 0.05) is 24.7 Å². The van der Waals surface area contributed by atoms with Crippen molar-refractivity contribution in [2.45, 2.75) is 38.3 Å². The van der Waals surface area contributed by atoms with Crippen LogP contribution in [0.15, 0.2) is 24.3 Å². The topological polar surface area (TPSA) is 55.6 Å². The van der Waals surface area contributed by atoms with E-state index in [4.69, 9.17) is 10.5 Å². The Balaban J connectivity index is 2.08. The molecular weight excluding hydrogens is 283 g/mol. The Kier molecular flexibility index (Phi) is 5.55. The van der Waals surface area contributed by atoms with Gasteiger partial charge in [0.25, 0.3) is 0 Å². The number of benzene rings is 1. The first kappa shape index (κ1) is 16.5. The molecule has 0 aliphatic carbocycles. The molecular formula is C17H23FN2O2. The molecule has 4 nitrogen and oxygen atoms in total. The zero-order valence-electron chi connectivity index (χ0n) is 13.1. The Bertz CT molecular complexity index is 558. The van der Waals surface area contributed by atoms with Gasteiger partial charge in [-0.2, -0.15) is 0 Å². The third-order valence-corrected chi connectivity index (χ3v) is 4.03. The maximum absolute atomic E-state index is 13.6. The summed E-state index contributed by atoms with van der Waals surface area (Å²) in [7, 11) is 1.42. The number of halogens is 1. The number of carbonyl (C=O) groups is 1. The second-order valence-electron chi connectivity index (χ2n) is 5.68. The van der Waals surface area contributed by atoms with E-state index < -0.39 is 5.82 Å². The number of hydrogen-bond acceptors (Lipinski definition) is 3. The first-order chi connectivity index (χ1) is 10.5. The van der Waals surface area contributed by atoms with Crippen LogP contribution in [0.4, 0.5) is 4.39 Å². The van der Waals surface area contributed by atoms with Gasteiger partial charge in [-0.15, -0.1) is 0 Å². The molecule has 2 unspecified atom stereocenters. The van der Waals surface area contributed by atoms with Gasteiger partial charge in [0.2, 0.25) is 5.91 Å². The average molecular weight is 306 g/mol. The molecule has 2 N–H and O–H groups in total. The van der Waals surface area contributed by atoms with E-state index in [9.17, 15) is 9.18 Å². The number of amides is 1. The lowest BCUT2D eigenvalue weighted by Gasteiger charge is -2.37. The fourth-order valence-corrected chi connectivity index (χ4v) is 2.83. The molecule has 0 spiro atoms. The smallest absolute Gasteiger partial charge is 0.246 e. The molecule has 1 heterocycles. The monoisotopic (exact) mass is 306 g/mol. The van der Waals surface area contributed by atoms with Crippen molar-refractivity contribution in [2.24, 2.45) is 5.73 Å². The quantitative estimate of drug-likeness (QED) is 0.870. The molecule has 1 aliphatic heterocycles. The van der Waals surface area contributed by atoms with E-state index in [0.29, 0.717) is 5.56 Å². The minimum absolute atomic E-state index is 0.0453. The second-order valence-corrected chi connectivity index (χ2v) is 5.68. The predicted octanol–water partition coefficient (Wildman–Crippen LogP) is 2.58. The summed E-state index contributed by atoms with van der Waals surface area (Å²) in [6, 6.07) is 4.65. The number of likely N-dealkylation sites (tertiary alicyclic amines) is 1. The Morgan fingerprint density at radius 3 is 2.91 bits per heavy atom. The van der Waals surface area contributed by atoms with Crippen LogP contribution in [-0.4, -0.2) is 36.5 Å². The number of methoxy groups -OCH3 is 1. The summed E-state index contributed by atoms with van der Waals surface area (Å²) in [6.07, 6.45) is 6.15. The summed E-state index contributed by atoms with van der Waals surface area (Å²) in [6.45, 7) is 2.66. The zero-order chi connectivity index (χ0) is 16.1. The molecule has 0 aromatic heterocycles. The largest absolute Gasteiger partial charge is 0.494 e. The third kappa shape index (κ3) is 3.85. The average Bonchev–Trinajstić information content (AvgIpc) is 2.52. The molecule has 0 radical (unpaired) electrons. The van der Waals surface area contributed by atoms with Crippen LogP contribution >= 0.6 is 0 Å². The molecule has 2 atom stereocenters. The van der Waals surface area contributed by atoms with E-state index in [1.54, 1.807) is 18.2 Å². The van der Waals surface area contributed by atoms with Crippen LogP contribution in [-0.2, 0) is 4.79 Å². The number of piperidine rings is 1. The Hall–Kier alpha value is -1.88. The fraction of sp³-hybridized carbons (Fsp3) is 0.471. The highest BCUT2D eigenvalue weighted by Gasteiger charge is 2.27. The molecule has 1 amide bonds. The highest BCUT2D eigenvalue weighted by atomic mass is 19.1. The van der Waals surface area contributed by atoms with Crippen LogP contribution < -0.4 is 10.5 Å². The van der Waals surface area contributed by atoms with Crippen molar-refractivity contribution in [1.82, 2.24) is 4.90 Å². The minimum Gasteiger partial charge on any atom is -0.494 e. The van der Waals surface area contributed by atoms with Crippen molar-refractivity contribution in [2.75, 3.05) is 13.7 Å². The van der Waals surface area contributed by atoms with Crippen LogP contribution in [0.25, 0.3) is 6.08 Å². The highest BCUT2D eigenvalue weighted by Crippen LogP contribution is 2.21. The third-order valence-electron chi connectivity index (χ3n) is 4.03. The van der Waals surface area contributed by atoms with Gasteiger partial charge < -0.3 is 15.4 Å². The number of rotatable bonds is 4. The first-order valence-electron chi connectivity index (χ1n) is 7.60. The number of hydrogen-bond donors (Lipinski definition) is 1. The zero-order valence-corrected chi connectivity index (χ0v) is 13.1. The van der Waals surface area contributed by atoms with E-state index in [1.165, 1.54) is 19.3 Å². The summed E-state index contributed by atoms with van der Waals surface area (Å²) < 4.78 is 18.5. The van der Waals surface area contributed by atoms with Crippen molar-refractivity contribution in [3.8, 4) is 5.75 Å². The second kappa shape index (κ2) is 7.40. The molecule has 1 fully saturated rings. The van der Waals surface area contributed by atoms with Gasteiger partial charge in [-0.25, -0.2) is 4.39 Å². The SMILES string of the molecule is COc1ccc(/C=C/C(=O)N2CCCCC2C(C)N)cc1F. The lowest BCUT2D eigenvalue weighted by molar-refractivity contribution is -0.129. The number of ether oxygens (including phenoxy) is 1. The van der Waals surface area contributed by atoms with Crippen LogP contribution in [0.2, 0.25) is 0 Å². The maximum atomic E-state index is 13.6. The van der Waals surface area contributed by atoms with E-state index >= 15 is 0 Å². The number of carbonyl (C=O) groups excluding carboxylic acids is 1. The van der Waals surface area contributed by atoms with Gasteiger partial charge in [0.15, 0.2) is 11.6 Å². The molecule has 22 heavy (non-hydrogen) atoms. The van der Waals surface area contributed by atoms with Crippen LogP contribution in [0.1, 0.15) is 31.7 Å². The Labute approximate surface area is 130 Å². The summed E-state index contributed by atoms with van der Waals surface area (Å²) in [5.74, 6) is -0.321. The maximum Gasteiger partial charge on any atom is 0.246 e. The van der Waals surface area contributed by atoms with E-state index in [0.717, 1.165) is 25.8 Å². The molecule has 0 saturated carbocycles. The van der Waals surface area contributed by atoms with Crippen LogP contribution in [0.3, 0.4) is 0 Å². The molecule has 1 aromatic carbocycles. The summed E-state index contributed by atoms with van der Waals surface area (Å²) >= 11 is 0. The highest BCUT2D eigenvalue weighted by molar-refractivity contribution is 5.92. The van der Waals surface area contributed by atoms with E-state index in [2.05, 4.69) is 0 Å². The summed E-state index contributed by atoms with van der Waals surface area (Å²) in [5.41, 5.74) is 6.60. The summed E-state index contributed by atoms with van der Waals surface area (Å²) in [5, 5.41) is 0. The normalized spacial score (nSPS) is 20.2. The van der Waals surface area contributed by atoms with Gasteiger partial charge >= 0.3 is 0 Å². The van der Waals surface area contributed by atoms with E-state index in [1.807, 2.05) is 11.8 Å². The van der Waals surface area contributed by atoms with Crippen molar-refractivity contribution in [3.05, 3.63) is 35.7 Å². The van der Waals surface area contributed by atoms with Gasteiger partial charge in [0.1, 0.15) is 0 Å². The van der Waals surface area contributed by atoms with Gasteiger partial charge in [-0.05, 0) is 50.0 Å². The molecule has 120 valence electrons. The van der Waals surface area contributed by atoms with Gasteiger partial charge in [-0.1, -0.05) is 6.07 Å². The van der Waals surface area contributed by atoms with Crippen LogP contribution in [0, 0.1) is 5.82 Å². The first-order valence-corrected chi connectivity index (χ1v) is 7.60. The lowest BCUT2D eigenvalue weighted by Crippen LogP contribution is -2.51. The van der Waals surface area contributed by atoms with Crippen LogP contribution in [0.5, 0.6) is 5.75 Å². The molecule has 0 bridgehead atoms. The Morgan fingerprint density at radius 1 is 1.50 bits per heavy atom. The number of nitrogens with two attached hydrogens (primary N) is 1. The van der Waals surface area contributed by atoms with Crippen molar-refractivity contribution in [1.29, 1.82) is 0 Å². The minimum atomic E-state index is -0.441. The summed E-state index contributed by atoms with van der Waals surface area (Å²) in [4.78, 5) is 14.2. The van der Waals surface area contributed by atoms with Gasteiger partial charge in [0.05, 0.1) is 7.11 Å². The molecule has 2 rings (SSSR count). The molecule has 1 aromatic rings.